The molecule has 2 rings (SSSR count). The van der Waals surface area contributed by atoms with Crippen LogP contribution >= 0.6 is 11.6 Å². The van der Waals surface area contributed by atoms with Crippen molar-refractivity contribution in [3.05, 3.63) is 60.2 Å². The van der Waals surface area contributed by atoms with Crippen molar-refractivity contribution in [2.75, 3.05) is 5.75 Å². The maximum Gasteiger partial charge on any atom is 0.205 e. The lowest BCUT2D eigenvalue weighted by atomic mass is 10.0. The molecular weight excluding hydrogens is 320 g/mol. The predicted octanol–water partition coefficient (Wildman–Crippen LogP) is 3.93. The van der Waals surface area contributed by atoms with E-state index >= 15 is 0 Å². The van der Waals surface area contributed by atoms with Crippen molar-refractivity contribution in [1.82, 2.24) is 0 Å². The lowest BCUT2D eigenvalue weighted by molar-refractivity contribution is 0.0978. The average Bonchev–Trinajstić information content (AvgIpc) is 2.55. The standard InChI is InChI=1S/C17H17ClO3S/c1-3-22(20,21)17(2,18)16(19)15-11-9-14(10-12-15)13-7-5-4-6-8-13/h4-12H,3H2,1-2H3/t17-/m0/s1. The van der Waals surface area contributed by atoms with Crippen LogP contribution in [0, 0.1) is 0 Å². The number of rotatable bonds is 5. The number of hydrogen-bond acceptors (Lipinski definition) is 3. The van der Waals surface area contributed by atoms with Crippen molar-refractivity contribution in [2.24, 2.45) is 0 Å². The highest BCUT2D eigenvalue weighted by Crippen LogP contribution is 2.29. The van der Waals surface area contributed by atoms with E-state index in [0.717, 1.165) is 11.1 Å². The molecule has 3 nitrogen and oxygen atoms in total. The Morgan fingerprint density at radius 1 is 1.00 bits per heavy atom. The Hall–Kier alpha value is -1.65. The van der Waals surface area contributed by atoms with Gasteiger partial charge in [-0.3, -0.25) is 4.79 Å². The molecular formula is C17H17ClO3S. The Labute approximate surface area is 135 Å². The largest absolute Gasteiger partial charge is 0.291 e. The van der Waals surface area contributed by atoms with Gasteiger partial charge in [-0.15, -0.1) is 0 Å². The molecule has 1 atom stereocenters. The second kappa shape index (κ2) is 6.23. The van der Waals surface area contributed by atoms with Crippen LogP contribution in [-0.4, -0.2) is 24.2 Å². The fourth-order valence-corrected chi connectivity index (χ4v) is 3.49. The Balaban J connectivity index is 2.33. The summed E-state index contributed by atoms with van der Waals surface area (Å²) in [5.41, 5.74) is 2.26. The third kappa shape index (κ3) is 3.08. The molecule has 2 aromatic carbocycles. The number of halogens is 1. The van der Waals surface area contributed by atoms with Crippen molar-refractivity contribution < 1.29 is 13.2 Å². The lowest BCUT2D eigenvalue weighted by Gasteiger charge is -2.20. The van der Waals surface area contributed by atoms with E-state index in [-0.39, 0.29) is 11.3 Å². The van der Waals surface area contributed by atoms with Gasteiger partial charge in [-0.2, -0.15) is 0 Å². The van der Waals surface area contributed by atoms with Gasteiger partial charge in [0.05, 0.1) is 0 Å². The highest BCUT2D eigenvalue weighted by molar-refractivity contribution is 7.95. The zero-order chi connectivity index (χ0) is 16.4. The van der Waals surface area contributed by atoms with Crippen molar-refractivity contribution in [1.29, 1.82) is 0 Å². The van der Waals surface area contributed by atoms with Crippen LogP contribution in [0.3, 0.4) is 0 Å². The van der Waals surface area contributed by atoms with E-state index < -0.39 is 19.8 Å². The Morgan fingerprint density at radius 2 is 1.50 bits per heavy atom. The summed E-state index contributed by atoms with van der Waals surface area (Å²) in [5.74, 6) is -0.781. The van der Waals surface area contributed by atoms with Crippen LogP contribution < -0.4 is 0 Å². The number of sulfone groups is 1. The van der Waals surface area contributed by atoms with Crippen LogP contribution in [0.15, 0.2) is 54.6 Å². The Bertz CT molecular complexity index is 763. The number of alkyl halides is 1. The first-order valence-corrected chi connectivity index (χ1v) is 8.94. The van der Waals surface area contributed by atoms with Crippen molar-refractivity contribution >= 4 is 27.2 Å². The first-order chi connectivity index (χ1) is 10.3. The molecule has 0 fully saturated rings. The summed E-state index contributed by atoms with van der Waals surface area (Å²) >= 11 is 6.03. The van der Waals surface area contributed by atoms with E-state index in [1.54, 1.807) is 24.3 Å². The van der Waals surface area contributed by atoms with Gasteiger partial charge in [-0.25, -0.2) is 8.42 Å². The number of carbonyl (C=O) groups is 1. The second-order valence-corrected chi connectivity index (χ2v) is 8.70. The van der Waals surface area contributed by atoms with Crippen LogP contribution in [0.5, 0.6) is 0 Å². The number of Topliss-reactive ketones (excluding diaryl/α,β-unsaturated/α-hetero) is 1. The third-order valence-electron chi connectivity index (χ3n) is 3.62. The van der Waals surface area contributed by atoms with E-state index in [4.69, 9.17) is 11.6 Å². The van der Waals surface area contributed by atoms with Crippen LogP contribution in [0.4, 0.5) is 0 Å². The average molecular weight is 337 g/mol. The molecule has 0 amide bonds. The second-order valence-electron chi connectivity index (χ2n) is 5.09. The molecule has 0 spiro atoms. The van der Waals surface area contributed by atoms with Gasteiger partial charge in [-0.05, 0) is 18.1 Å². The molecule has 22 heavy (non-hydrogen) atoms. The quantitative estimate of drug-likeness (QED) is 0.614. The summed E-state index contributed by atoms with van der Waals surface area (Å²) in [6.07, 6.45) is 0. The van der Waals surface area contributed by atoms with Crippen molar-refractivity contribution in [3.63, 3.8) is 0 Å². The van der Waals surface area contributed by atoms with Crippen LogP contribution in [-0.2, 0) is 9.84 Å². The van der Waals surface area contributed by atoms with Crippen LogP contribution in [0.2, 0.25) is 0 Å². The van der Waals surface area contributed by atoms with Gasteiger partial charge in [0.2, 0.25) is 4.21 Å². The molecule has 0 N–H and O–H groups in total. The van der Waals surface area contributed by atoms with E-state index in [1.165, 1.54) is 13.8 Å². The van der Waals surface area contributed by atoms with Gasteiger partial charge in [0, 0.05) is 11.3 Å². The highest BCUT2D eigenvalue weighted by Gasteiger charge is 2.43. The summed E-state index contributed by atoms with van der Waals surface area (Å²) in [7, 11) is -3.69. The number of ketones is 1. The Morgan fingerprint density at radius 3 is 2.00 bits per heavy atom. The molecule has 116 valence electrons. The van der Waals surface area contributed by atoms with Gasteiger partial charge >= 0.3 is 0 Å². The van der Waals surface area contributed by atoms with Gasteiger partial charge < -0.3 is 0 Å². The first kappa shape index (κ1) is 16.7. The third-order valence-corrected chi connectivity index (χ3v) is 6.61. The molecule has 0 aliphatic rings. The topological polar surface area (TPSA) is 51.2 Å². The lowest BCUT2D eigenvalue weighted by Crippen LogP contribution is -2.39. The molecule has 0 heterocycles. The highest BCUT2D eigenvalue weighted by atomic mass is 35.5. The number of hydrogen-bond donors (Lipinski definition) is 0. The van der Waals surface area contributed by atoms with Gasteiger partial charge in [0.1, 0.15) is 0 Å². The monoisotopic (exact) mass is 336 g/mol. The summed E-state index contributed by atoms with van der Waals surface area (Å²) in [6.45, 7) is 2.71. The molecule has 2 aromatic rings. The minimum absolute atomic E-state index is 0.180. The van der Waals surface area contributed by atoms with Crippen molar-refractivity contribution in [3.8, 4) is 11.1 Å². The van der Waals surface area contributed by atoms with Crippen LogP contribution in [0.1, 0.15) is 24.2 Å². The summed E-state index contributed by atoms with van der Waals surface area (Å²) < 4.78 is 22.0. The minimum atomic E-state index is -3.69. The maximum atomic E-state index is 12.4. The van der Waals surface area contributed by atoms with Gasteiger partial charge in [0.15, 0.2) is 15.6 Å². The molecule has 0 saturated carbocycles. The number of benzene rings is 2. The van der Waals surface area contributed by atoms with Crippen molar-refractivity contribution in [2.45, 2.75) is 18.1 Å². The summed E-state index contributed by atoms with van der Waals surface area (Å²) in [6, 6.07) is 16.5. The van der Waals surface area contributed by atoms with Crippen LogP contribution in [0.25, 0.3) is 11.1 Å². The fraction of sp³-hybridized carbons (Fsp3) is 0.235. The van der Waals surface area contributed by atoms with E-state index in [0.29, 0.717) is 0 Å². The minimum Gasteiger partial charge on any atom is -0.291 e. The molecule has 0 aliphatic heterocycles. The molecule has 0 saturated heterocycles. The molecule has 5 heteroatoms. The predicted molar refractivity (Wildman–Crippen MR) is 89.9 cm³/mol. The summed E-state index contributed by atoms with van der Waals surface area (Å²) in [5, 5.41) is 0. The smallest absolute Gasteiger partial charge is 0.205 e. The zero-order valence-corrected chi connectivity index (χ0v) is 14.0. The summed E-state index contributed by atoms with van der Waals surface area (Å²) in [4.78, 5) is 12.4. The zero-order valence-electron chi connectivity index (χ0n) is 12.4. The van der Waals surface area contributed by atoms with E-state index in [2.05, 4.69) is 0 Å². The van der Waals surface area contributed by atoms with E-state index in [1.807, 2.05) is 30.3 Å². The molecule has 0 radical (unpaired) electrons. The number of carbonyl (C=O) groups excluding carboxylic acids is 1. The van der Waals surface area contributed by atoms with E-state index in [9.17, 15) is 13.2 Å². The van der Waals surface area contributed by atoms with Gasteiger partial charge in [-0.1, -0.05) is 73.1 Å². The molecule has 0 bridgehead atoms. The molecule has 0 unspecified atom stereocenters. The first-order valence-electron chi connectivity index (χ1n) is 6.91. The SMILES string of the molecule is CCS(=O)(=O)[C@](C)(Cl)C(=O)c1ccc(-c2ccccc2)cc1. The van der Waals surface area contributed by atoms with Gasteiger partial charge in [0.25, 0.3) is 0 Å². The Kier molecular flexibility index (Phi) is 4.73. The molecule has 0 aromatic heterocycles. The maximum absolute atomic E-state index is 12.4. The normalized spacial score (nSPS) is 14.3. The fourth-order valence-electron chi connectivity index (χ4n) is 2.11. The molecule has 0 aliphatic carbocycles.